The number of benzene rings is 1. The van der Waals surface area contributed by atoms with Crippen molar-refractivity contribution in [2.75, 3.05) is 44.7 Å². The van der Waals surface area contributed by atoms with Crippen LogP contribution in [0.15, 0.2) is 40.6 Å². The fraction of sp³-hybridized carbons (Fsp3) is 0.476. The molecule has 1 saturated heterocycles. The van der Waals surface area contributed by atoms with E-state index >= 15 is 0 Å². The predicted molar refractivity (Wildman–Crippen MR) is 118 cm³/mol. The molecule has 30 heavy (non-hydrogen) atoms. The highest BCUT2D eigenvalue weighted by Gasteiger charge is 2.34. The summed E-state index contributed by atoms with van der Waals surface area (Å²) < 4.78 is 33.5. The van der Waals surface area contributed by atoms with Gasteiger partial charge in [0, 0.05) is 37.6 Å². The van der Waals surface area contributed by atoms with E-state index < -0.39 is 10.0 Å². The Morgan fingerprint density at radius 1 is 1.30 bits per heavy atom. The highest BCUT2D eigenvalue weighted by atomic mass is 32.2. The maximum Gasteiger partial charge on any atom is 0.243 e. The first-order valence-electron chi connectivity index (χ1n) is 10.2. The SMILES string of the molecule is CN1CCOc2cc(S(=O)(=O)N3CCCC(C(=O)NCCc4cccs4)C3)ccc21. The van der Waals surface area contributed by atoms with E-state index in [1.807, 2.05) is 29.5 Å². The lowest BCUT2D eigenvalue weighted by atomic mass is 9.99. The summed E-state index contributed by atoms with van der Waals surface area (Å²) in [7, 11) is -1.72. The third-order valence-corrected chi connectivity index (χ3v) is 8.47. The van der Waals surface area contributed by atoms with E-state index in [1.165, 1.54) is 9.18 Å². The van der Waals surface area contributed by atoms with Crippen LogP contribution in [0.5, 0.6) is 5.75 Å². The second kappa shape index (κ2) is 8.95. The van der Waals surface area contributed by atoms with Crippen LogP contribution in [0.4, 0.5) is 5.69 Å². The molecule has 0 bridgehead atoms. The van der Waals surface area contributed by atoms with Gasteiger partial charge >= 0.3 is 0 Å². The molecular weight excluding hydrogens is 422 g/mol. The highest BCUT2D eigenvalue weighted by molar-refractivity contribution is 7.89. The molecule has 1 aromatic carbocycles. The number of likely N-dealkylation sites (N-methyl/N-ethyl adjacent to an activating group) is 1. The van der Waals surface area contributed by atoms with Crippen molar-refractivity contribution >= 4 is 33.0 Å². The van der Waals surface area contributed by atoms with Crippen LogP contribution < -0.4 is 15.0 Å². The highest BCUT2D eigenvalue weighted by Crippen LogP contribution is 2.34. The van der Waals surface area contributed by atoms with Crippen molar-refractivity contribution in [3.63, 3.8) is 0 Å². The molecule has 0 spiro atoms. The van der Waals surface area contributed by atoms with Crippen molar-refractivity contribution < 1.29 is 17.9 Å². The normalized spacial score (nSPS) is 19.8. The molecule has 3 heterocycles. The average Bonchev–Trinajstić information content (AvgIpc) is 3.27. The van der Waals surface area contributed by atoms with Crippen LogP contribution in [-0.4, -0.2) is 58.5 Å². The lowest BCUT2D eigenvalue weighted by Crippen LogP contribution is -2.45. The Morgan fingerprint density at radius 2 is 2.17 bits per heavy atom. The maximum atomic E-state index is 13.2. The molecule has 7 nitrogen and oxygen atoms in total. The number of hydrogen-bond donors (Lipinski definition) is 1. The molecule has 1 atom stereocenters. The van der Waals surface area contributed by atoms with Gasteiger partial charge in [0.2, 0.25) is 15.9 Å². The van der Waals surface area contributed by atoms with Gasteiger partial charge < -0.3 is 15.0 Å². The first kappa shape index (κ1) is 21.1. The molecule has 4 rings (SSSR count). The van der Waals surface area contributed by atoms with Gasteiger partial charge in [-0.05, 0) is 42.8 Å². The molecule has 2 aliphatic heterocycles. The Kier molecular flexibility index (Phi) is 6.31. The van der Waals surface area contributed by atoms with Crippen LogP contribution in [0.1, 0.15) is 17.7 Å². The van der Waals surface area contributed by atoms with Gasteiger partial charge in [-0.25, -0.2) is 8.42 Å². The van der Waals surface area contributed by atoms with Gasteiger partial charge in [0.15, 0.2) is 0 Å². The summed E-state index contributed by atoms with van der Waals surface area (Å²) in [5, 5.41) is 4.99. The third kappa shape index (κ3) is 4.48. The van der Waals surface area contributed by atoms with Gasteiger partial charge in [-0.15, -0.1) is 11.3 Å². The van der Waals surface area contributed by atoms with Crippen LogP contribution in [0.25, 0.3) is 0 Å². The summed E-state index contributed by atoms with van der Waals surface area (Å²) in [6.07, 6.45) is 2.17. The minimum atomic E-state index is -3.68. The Labute approximate surface area is 181 Å². The smallest absolute Gasteiger partial charge is 0.243 e. The first-order chi connectivity index (χ1) is 14.4. The van der Waals surface area contributed by atoms with Crippen LogP contribution in [-0.2, 0) is 21.2 Å². The third-order valence-electron chi connectivity index (χ3n) is 5.67. The van der Waals surface area contributed by atoms with E-state index in [-0.39, 0.29) is 23.3 Å². The molecular formula is C21H27N3O4S2. The Morgan fingerprint density at radius 3 is 2.97 bits per heavy atom. The summed E-state index contributed by atoms with van der Waals surface area (Å²) in [4.78, 5) is 16.1. The molecule has 9 heteroatoms. The second-order valence-electron chi connectivity index (χ2n) is 7.72. The fourth-order valence-electron chi connectivity index (χ4n) is 3.93. The van der Waals surface area contributed by atoms with Crippen molar-refractivity contribution in [2.45, 2.75) is 24.2 Å². The molecule has 1 amide bonds. The molecule has 2 aliphatic rings. The van der Waals surface area contributed by atoms with E-state index in [9.17, 15) is 13.2 Å². The van der Waals surface area contributed by atoms with Crippen LogP contribution >= 0.6 is 11.3 Å². The monoisotopic (exact) mass is 449 g/mol. The van der Waals surface area contributed by atoms with Crippen LogP contribution in [0.3, 0.4) is 0 Å². The molecule has 1 N–H and O–H groups in total. The molecule has 0 aliphatic carbocycles. The number of nitrogens with zero attached hydrogens (tertiary/aromatic N) is 2. The topological polar surface area (TPSA) is 79.0 Å². The van der Waals surface area contributed by atoms with E-state index in [0.717, 1.165) is 18.7 Å². The largest absolute Gasteiger partial charge is 0.490 e. The number of carbonyl (C=O) groups excluding carboxylic acids is 1. The molecule has 162 valence electrons. The lowest BCUT2D eigenvalue weighted by Gasteiger charge is -2.32. The van der Waals surface area contributed by atoms with Crippen molar-refractivity contribution in [1.29, 1.82) is 0 Å². The summed E-state index contributed by atoms with van der Waals surface area (Å²) in [5.74, 6) is 0.198. The molecule has 0 saturated carbocycles. The second-order valence-corrected chi connectivity index (χ2v) is 10.7. The molecule has 1 aromatic heterocycles. The number of nitrogens with one attached hydrogen (secondary N) is 1. The summed E-state index contributed by atoms with van der Waals surface area (Å²) >= 11 is 1.67. The molecule has 0 radical (unpaired) electrons. The predicted octanol–water partition coefficient (Wildman–Crippen LogP) is 2.34. The Balaban J connectivity index is 1.41. The maximum absolute atomic E-state index is 13.2. The number of thiophene rings is 1. The minimum absolute atomic E-state index is 0.0677. The van der Waals surface area contributed by atoms with E-state index in [2.05, 4.69) is 5.32 Å². The lowest BCUT2D eigenvalue weighted by molar-refractivity contribution is -0.126. The summed E-state index contributed by atoms with van der Waals surface area (Å²) in [6.45, 7) is 2.52. The number of ether oxygens (including phenoxy) is 1. The van der Waals surface area contributed by atoms with Gasteiger partial charge in [0.25, 0.3) is 0 Å². The van der Waals surface area contributed by atoms with Gasteiger partial charge in [0.05, 0.1) is 23.0 Å². The molecule has 2 aromatic rings. The number of piperidine rings is 1. The number of sulfonamides is 1. The Hall–Kier alpha value is -2.10. The van der Waals surface area contributed by atoms with Crippen LogP contribution in [0.2, 0.25) is 0 Å². The molecule has 1 fully saturated rings. The van der Waals surface area contributed by atoms with Gasteiger partial charge in [-0.3, -0.25) is 4.79 Å². The van der Waals surface area contributed by atoms with Crippen molar-refractivity contribution in [2.24, 2.45) is 5.92 Å². The van der Waals surface area contributed by atoms with E-state index in [4.69, 9.17) is 4.74 Å². The quantitative estimate of drug-likeness (QED) is 0.732. The average molecular weight is 450 g/mol. The van der Waals surface area contributed by atoms with Gasteiger partial charge in [-0.2, -0.15) is 4.31 Å². The van der Waals surface area contributed by atoms with Crippen LogP contribution in [0, 0.1) is 5.92 Å². The number of fused-ring (bicyclic) bond motifs is 1. The standard InChI is InChI=1S/C21H27N3O4S2/c1-23-11-12-28-20-14-18(6-7-19(20)23)30(26,27)24-10-2-4-16(15-24)21(25)22-9-8-17-5-3-13-29-17/h3,5-7,13-14,16H,2,4,8-12,15H2,1H3,(H,22,25). The number of anilines is 1. The zero-order valence-corrected chi connectivity index (χ0v) is 18.7. The fourth-order valence-corrected chi connectivity index (χ4v) is 6.18. The van der Waals surface area contributed by atoms with E-state index in [0.29, 0.717) is 38.3 Å². The minimum Gasteiger partial charge on any atom is -0.490 e. The number of hydrogen-bond acceptors (Lipinski definition) is 6. The zero-order chi connectivity index (χ0) is 21.1. The Bertz CT molecular complexity index is 992. The first-order valence-corrected chi connectivity index (χ1v) is 12.6. The summed E-state index contributed by atoms with van der Waals surface area (Å²) in [6, 6.07) is 9.07. The molecule has 1 unspecified atom stereocenters. The number of rotatable bonds is 6. The number of carbonyl (C=O) groups is 1. The van der Waals surface area contributed by atoms with Gasteiger partial charge in [-0.1, -0.05) is 6.07 Å². The van der Waals surface area contributed by atoms with Gasteiger partial charge in [0.1, 0.15) is 12.4 Å². The summed E-state index contributed by atoms with van der Waals surface area (Å²) in [5.41, 5.74) is 0.891. The zero-order valence-electron chi connectivity index (χ0n) is 17.0. The van der Waals surface area contributed by atoms with E-state index in [1.54, 1.807) is 29.5 Å². The van der Waals surface area contributed by atoms with Crippen molar-refractivity contribution in [3.05, 3.63) is 40.6 Å². The number of amides is 1. The van der Waals surface area contributed by atoms with Crippen molar-refractivity contribution in [3.8, 4) is 5.75 Å². The van der Waals surface area contributed by atoms with Crippen molar-refractivity contribution in [1.82, 2.24) is 9.62 Å².